The summed E-state index contributed by atoms with van der Waals surface area (Å²) in [4.78, 5) is 13.0. The molecule has 0 saturated heterocycles. The summed E-state index contributed by atoms with van der Waals surface area (Å²) in [5.41, 5.74) is 1.11. The van der Waals surface area contributed by atoms with Crippen LogP contribution in [0.4, 0.5) is 4.79 Å². The molecule has 0 aliphatic carbocycles. The van der Waals surface area contributed by atoms with Crippen LogP contribution in [0.1, 0.15) is 23.4 Å². The summed E-state index contributed by atoms with van der Waals surface area (Å²) in [6, 6.07) is 9.71. The average Bonchev–Trinajstić information content (AvgIpc) is 3.18. The lowest BCUT2D eigenvalue weighted by molar-refractivity contribution is 0.174. The van der Waals surface area contributed by atoms with E-state index < -0.39 is 0 Å². The molecule has 3 rings (SSSR count). The molecule has 1 aromatic heterocycles. The van der Waals surface area contributed by atoms with E-state index in [0.717, 1.165) is 28.4 Å². The van der Waals surface area contributed by atoms with Crippen LogP contribution in [-0.2, 0) is 6.42 Å². The minimum absolute atomic E-state index is 0.0190. The van der Waals surface area contributed by atoms with Crippen LogP contribution in [0.5, 0.6) is 11.5 Å². The van der Waals surface area contributed by atoms with E-state index in [4.69, 9.17) is 9.47 Å². The van der Waals surface area contributed by atoms with Gasteiger partial charge >= 0.3 is 6.03 Å². The molecule has 1 aliphatic heterocycles. The maximum absolute atomic E-state index is 11.9. The third-order valence-corrected chi connectivity index (χ3v) is 4.51. The standard InChI is InChI=1S/C16H18N2O3S/c1-11(15-3-2-8-22-15)18-16(19)17-7-6-12-4-5-13-14(9-12)21-10-20-13/h2-5,8-9,11H,6-7,10H2,1H3,(H2,17,18,19)/t11-/m0/s1. The van der Waals surface area contributed by atoms with Crippen molar-refractivity contribution in [2.45, 2.75) is 19.4 Å². The number of fused-ring (bicyclic) bond motifs is 1. The van der Waals surface area contributed by atoms with Gasteiger partial charge in [0, 0.05) is 11.4 Å². The lowest BCUT2D eigenvalue weighted by Gasteiger charge is -2.13. The van der Waals surface area contributed by atoms with Gasteiger partial charge < -0.3 is 20.1 Å². The fraction of sp³-hybridized carbons (Fsp3) is 0.312. The summed E-state index contributed by atoms with van der Waals surface area (Å²) in [6.45, 7) is 2.83. The van der Waals surface area contributed by atoms with Gasteiger partial charge in [-0.25, -0.2) is 4.79 Å². The molecule has 0 spiro atoms. The molecule has 0 saturated carbocycles. The van der Waals surface area contributed by atoms with Crippen molar-refractivity contribution in [3.05, 3.63) is 46.2 Å². The van der Waals surface area contributed by atoms with Gasteiger partial charge in [-0.05, 0) is 42.5 Å². The van der Waals surface area contributed by atoms with Gasteiger partial charge in [-0.2, -0.15) is 0 Å². The number of amides is 2. The first kappa shape index (κ1) is 14.7. The zero-order valence-electron chi connectivity index (χ0n) is 12.3. The van der Waals surface area contributed by atoms with Crippen molar-refractivity contribution in [3.8, 4) is 11.5 Å². The summed E-state index contributed by atoms with van der Waals surface area (Å²) in [6.07, 6.45) is 0.747. The van der Waals surface area contributed by atoms with Crippen LogP contribution < -0.4 is 20.1 Å². The number of thiophene rings is 1. The Morgan fingerprint density at radius 1 is 1.32 bits per heavy atom. The van der Waals surface area contributed by atoms with Crippen molar-refractivity contribution in [2.75, 3.05) is 13.3 Å². The molecule has 116 valence electrons. The normalized spacial score (nSPS) is 13.7. The summed E-state index contributed by atoms with van der Waals surface area (Å²) in [7, 11) is 0. The van der Waals surface area contributed by atoms with Crippen molar-refractivity contribution in [1.82, 2.24) is 10.6 Å². The van der Waals surface area contributed by atoms with E-state index >= 15 is 0 Å². The molecule has 0 fully saturated rings. The SMILES string of the molecule is C[C@H](NC(=O)NCCc1ccc2c(c1)OCO2)c1cccs1. The van der Waals surface area contributed by atoms with Gasteiger partial charge in [0.05, 0.1) is 6.04 Å². The van der Waals surface area contributed by atoms with Crippen LogP contribution in [0, 0.1) is 0 Å². The monoisotopic (exact) mass is 318 g/mol. The highest BCUT2D eigenvalue weighted by atomic mass is 32.1. The van der Waals surface area contributed by atoms with Crippen LogP contribution in [0.25, 0.3) is 0 Å². The Balaban J connectivity index is 1.44. The second kappa shape index (κ2) is 6.70. The molecule has 2 amide bonds. The summed E-state index contributed by atoms with van der Waals surface area (Å²) in [5.74, 6) is 1.55. The molecule has 1 atom stereocenters. The van der Waals surface area contributed by atoms with Crippen LogP contribution in [0.15, 0.2) is 35.7 Å². The van der Waals surface area contributed by atoms with Gasteiger partial charge in [0.15, 0.2) is 11.5 Å². The molecule has 6 heteroatoms. The van der Waals surface area contributed by atoms with Gasteiger partial charge in [0.2, 0.25) is 6.79 Å². The number of ether oxygens (including phenoxy) is 2. The lowest BCUT2D eigenvalue weighted by atomic mass is 10.1. The van der Waals surface area contributed by atoms with Crippen molar-refractivity contribution in [3.63, 3.8) is 0 Å². The zero-order chi connectivity index (χ0) is 15.4. The second-order valence-corrected chi connectivity index (χ2v) is 6.05. The van der Waals surface area contributed by atoms with Crippen LogP contribution in [-0.4, -0.2) is 19.4 Å². The van der Waals surface area contributed by atoms with Crippen molar-refractivity contribution in [1.29, 1.82) is 0 Å². The molecule has 0 radical (unpaired) electrons. The molecule has 5 nitrogen and oxygen atoms in total. The molecule has 0 bridgehead atoms. The quantitative estimate of drug-likeness (QED) is 0.890. The van der Waals surface area contributed by atoms with Crippen LogP contribution >= 0.6 is 11.3 Å². The summed E-state index contributed by atoms with van der Waals surface area (Å²) < 4.78 is 10.6. The van der Waals surface area contributed by atoms with Gasteiger partial charge in [-0.3, -0.25) is 0 Å². The van der Waals surface area contributed by atoms with Crippen molar-refractivity contribution in [2.24, 2.45) is 0 Å². The highest BCUT2D eigenvalue weighted by Crippen LogP contribution is 2.32. The largest absolute Gasteiger partial charge is 0.454 e. The highest BCUT2D eigenvalue weighted by molar-refractivity contribution is 7.10. The fourth-order valence-electron chi connectivity index (χ4n) is 2.27. The molecule has 2 heterocycles. The van der Waals surface area contributed by atoms with Crippen molar-refractivity contribution < 1.29 is 14.3 Å². The predicted octanol–water partition coefficient (Wildman–Crippen LogP) is 3.08. The molecule has 1 aliphatic rings. The van der Waals surface area contributed by atoms with E-state index in [0.29, 0.717) is 6.54 Å². The first-order chi connectivity index (χ1) is 10.7. The average molecular weight is 318 g/mol. The van der Waals surface area contributed by atoms with Gasteiger partial charge in [0.1, 0.15) is 0 Å². The van der Waals surface area contributed by atoms with E-state index in [2.05, 4.69) is 10.6 Å². The number of urea groups is 1. The summed E-state index contributed by atoms with van der Waals surface area (Å²) in [5, 5.41) is 7.81. The maximum Gasteiger partial charge on any atom is 0.315 e. The van der Waals surface area contributed by atoms with Gasteiger partial charge in [-0.1, -0.05) is 12.1 Å². The first-order valence-electron chi connectivity index (χ1n) is 7.18. The smallest absolute Gasteiger partial charge is 0.315 e. The topological polar surface area (TPSA) is 59.6 Å². The van der Waals surface area contributed by atoms with Gasteiger partial charge in [0.25, 0.3) is 0 Å². The number of benzene rings is 1. The number of rotatable bonds is 5. The number of hydrogen-bond acceptors (Lipinski definition) is 4. The molecule has 2 N–H and O–H groups in total. The molecule has 22 heavy (non-hydrogen) atoms. The Hall–Kier alpha value is -2.21. The third-order valence-electron chi connectivity index (χ3n) is 3.45. The van der Waals surface area contributed by atoms with E-state index in [-0.39, 0.29) is 18.9 Å². The van der Waals surface area contributed by atoms with Gasteiger partial charge in [-0.15, -0.1) is 11.3 Å². The zero-order valence-corrected chi connectivity index (χ0v) is 13.1. The Morgan fingerprint density at radius 2 is 2.18 bits per heavy atom. The first-order valence-corrected chi connectivity index (χ1v) is 8.06. The fourth-order valence-corrected chi connectivity index (χ4v) is 3.01. The molecule has 0 unspecified atom stereocenters. The minimum Gasteiger partial charge on any atom is -0.454 e. The molecule has 2 aromatic rings. The number of carbonyl (C=O) groups excluding carboxylic acids is 1. The van der Waals surface area contributed by atoms with Crippen LogP contribution in [0.3, 0.4) is 0 Å². The van der Waals surface area contributed by atoms with E-state index in [1.807, 2.05) is 42.6 Å². The summed E-state index contributed by atoms with van der Waals surface area (Å²) >= 11 is 1.64. The maximum atomic E-state index is 11.9. The molecule has 1 aromatic carbocycles. The molecular weight excluding hydrogens is 300 g/mol. The van der Waals surface area contributed by atoms with E-state index in [9.17, 15) is 4.79 Å². The third kappa shape index (κ3) is 3.51. The lowest BCUT2D eigenvalue weighted by Crippen LogP contribution is -2.37. The Kier molecular flexibility index (Phi) is 4.48. The number of hydrogen-bond donors (Lipinski definition) is 2. The van der Waals surface area contributed by atoms with Crippen molar-refractivity contribution >= 4 is 17.4 Å². The number of nitrogens with one attached hydrogen (secondary N) is 2. The molecular formula is C16H18N2O3S. The van der Waals surface area contributed by atoms with E-state index in [1.165, 1.54) is 0 Å². The minimum atomic E-state index is -0.151. The Bertz CT molecular complexity index is 643. The van der Waals surface area contributed by atoms with Crippen LogP contribution in [0.2, 0.25) is 0 Å². The van der Waals surface area contributed by atoms with E-state index in [1.54, 1.807) is 11.3 Å². The predicted molar refractivity (Wildman–Crippen MR) is 85.5 cm³/mol. The Morgan fingerprint density at radius 3 is 3.00 bits per heavy atom. The second-order valence-electron chi connectivity index (χ2n) is 5.07. The highest BCUT2D eigenvalue weighted by Gasteiger charge is 2.13. The number of carbonyl (C=O) groups is 1. The Labute approximate surface area is 133 Å².